The largest absolute Gasteiger partial charge is 0.271 e. The number of amides is 1. The second kappa shape index (κ2) is 8.72. The highest BCUT2D eigenvalue weighted by Crippen LogP contribution is 2.39. The molecule has 0 aromatic rings. The van der Waals surface area contributed by atoms with Crippen LogP contribution in [0.2, 0.25) is 0 Å². The van der Waals surface area contributed by atoms with Crippen molar-refractivity contribution in [1.82, 2.24) is 5.43 Å². The van der Waals surface area contributed by atoms with Gasteiger partial charge in [-0.15, -0.1) is 0 Å². The van der Waals surface area contributed by atoms with Crippen LogP contribution in [0.1, 0.15) is 57.8 Å². The van der Waals surface area contributed by atoms with Gasteiger partial charge in [0.2, 0.25) is 0 Å². The van der Waals surface area contributed by atoms with Crippen LogP contribution < -0.4 is 5.43 Å². The van der Waals surface area contributed by atoms with Crippen molar-refractivity contribution in [2.45, 2.75) is 57.8 Å². The summed E-state index contributed by atoms with van der Waals surface area (Å²) in [6, 6.07) is 0. The van der Waals surface area contributed by atoms with Crippen molar-refractivity contribution >= 4 is 11.6 Å². The van der Waals surface area contributed by atoms with Crippen molar-refractivity contribution in [2.24, 2.45) is 16.9 Å². The monoisotopic (exact) mass is 300 g/mol. The molecule has 0 heterocycles. The zero-order valence-corrected chi connectivity index (χ0v) is 13.5. The first-order valence-electron chi connectivity index (χ1n) is 8.55. The van der Waals surface area contributed by atoms with Gasteiger partial charge in [-0.3, -0.25) is 4.79 Å². The molecule has 1 N–H and O–H groups in total. The van der Waals surface area contributed by atoms with Crippen LogP contribution in [0.15, 0.2) is 42.1 Å². The molecule has 0 atom stereocenters. The third-order valence-electron chi connectivity index (χ3n) is 4.99. The number of rotatable bonds is 5. The standard InChI is InChI=1S/C19H28N2O/c1-3-8-15(4-2)19(22)21-20-18-13-6-11-17(12-7-14-18)16-9-5-10-16/h3-4,8,16-17H,1-2,5-7,9-14H2,(H,21,22)/b15-8+,20-18?. The lowest BCUT2D eigenvalue weighted by Crippen LogP contribution is -2.25. The van der Waals surface area contributed by atoms with E-state index < -0.39 is 0 Å². The maximum absolute atomic E-state index is 11.9. The number of hydrazone groups is 1. The minimum Gasteiger partial charge on any atom is -0.267 e. The van der Waals surface area contributed by atoms with Crippen LogP contribution in [-0.4, -0.2) is 11.6 Å². The fraction of sp³-hybridized carbons (Fsp3) is 0.579. The molecular weight excluding hydrogens is 272 g/mol. The molecule has 22 heavy (non-hydrogen) atoms. The van der Waals surface area contributed by atoms with Crippen LogP contribution in [0, 0.1) is 11.8 Å². The van der Waals surface area contributed by atoms with Gasteiger partial charge in [0.15, 0.2) is 0 Å². The van der Waals surface area contributed by atoms with E-state index in [0.717, 1.165) is 30.4 Å². The average molecular weight is 300 g/mol. The minimum atomic E-state index is -0.211. The average Bonchev–Trinajstić information content (AvgIpc) is 2.43. The molecule has 0 radical (unpaired) electrons. The molecule has 2 fully saturated rings. The van der Waals surface area contributed by atoms with Gasteiger partial charge >= 0.3 is 0 Å². The Morgan fingerprint density at radius 1 is 1.05 bits per heavy atom. The van der Waals surface area contributed by atoms with Gasteiger partial charge in [-0.2, -0.15) is 5.10 Å². The molecule has 0 bridgehead atoms. The van der Waals surface area contributed by atoms with E-state index in [1.807, 2.05) is 0 Å². The van der Waals surface area contributed by atoms with Crippen molar-refractivity contribution < 1.29 is 4.79 Å². The molecule has 0 unspecified atom stereocenters. The summed E-state index contributed by atoms with van der Waals surface area (Å²) in [6.07, 6.45) is 16.2. The highest BCUT2D eigenvalue weighted by Gasteiger charge is 2.27. The first kappa shape index (κ1) is 16.7. The quantitative estimate of drug-likeness (QED) is 0.452. The van der Waals surface area contributed by atoms with Gasteiger partial charge in [-0.1, -0.05) is 50.6 Å². The number of hydrogen-bond acceptors (Lipinski definition) is 2. The fourth-order valence-corrected chi connectivity index (χ4v) is 3.46. The van der Waals surface area contributed by atoms with Crippen LogP contribution in [0.3, 0.4) is 0 Å². The third kappa shape index (κ3) is 4.69. The van der Waals surface area contributed by atoms with E-state index in [1.54, 1.807) is 12.2 Å². The molecule has 3 nitrogen and oxygen atoms in total. The molecule has 0 aromatic carbocycles. The van der Waals surface area contributed by atoms with Gasteiger partial charge in [-0.25, -0.2) is 5.43 Å². The van der Waals surface area contributed by atoms with E-state index in [4.69, 9.17) is 0 Å². The topological polar surface area (TPSA) is 41.5 Å². The molecule has 2 saturated carbocycles. The highest BCUT2D eigenvalue weighted by molar-refractivity contribution is 5.97. The molecule has 3 heteroatoms. The predicted octanol–water partition coefficient (Wildman–Crippen LogP) is 4.53. The van der Waals surface area contributed by atoms with E-state index in [0.29, 0.717) is 5.57 Å². The second-order valence-corrected chi connectivity index (χ2v) is 6.42. The summed E-state index contributed by atoms with van der Waals surface area (Å²) < 4.78 is 0. The zero-order valence-electron chi connectivity index (χ0n) is 13.5. The van der Waals surface area contributed by atoms with Crippen molar-refractivity contribution in [3.63, 3.8) is 0 Å². The Labute approximate surface area is 134 Å². The summed E-state index contributed by atoms with van der Waals surface area (Å²) in [5, 5.41) is 4.33. The van der Waals surface area contributed by atoms with Crippen LogP contribution >= 0.6 is 0 Å². The van der Waals surface area contributed by atoms with Gasteiger partial charge in [-0.05, 0) is 50.4 Å². The number of nitrogens with zero attached hydrogens (tertiary/aromatic N) is 1. The summed E-state index contributed by atoms with van der Waals surface area (Å²) in [7, 11) is 0. The predicted molar refractivity (Wildman–Crippen MR) is 92.6 cm³/mol. The number of allylic oxidation sites excluding steroid dienone is 2. The molecular formula is C19H28N2O. The number of carbonyl (C=O) groups excluding carboxylic acids is 1. The summed E-state index contributed by atoms with van der Waals surface area (Å²) in [5.41, 5.74) is 4.28. The number of carbonyl (C=O) groups is 1. The molecule has 120 valence electrons. The van der Waals surface area contributed by atoms with Crippen molar-refractivity contribution in [3.8, 4) is 0 Å². The Balaban J connectivity index is 1.82. The summed E-state index contributed by atoms with van der Waals surface area (Å²) >= 11 is 0. The van der Waals surface area contributed by atoms with Crippen molar-refractivity contribution in [1.29, 1.82) is 0 Å². The maximum atomic E-state index is 11.9. The lowest BCUT2D eigenvalue weighted by Gasteiger charge is -2.35. The Hall–Kier alpha value is -1.64. The van der Waals surface area contributed by atoms with E-state index in [9.17, 15) is 4.79 Å². The molecule has 2 aliphatic rings. The smallest absolute Gasteiger partial charge is 0.267 e. The van der Waals surface area contributed by atoms with Gasteiger partial charge in [0.05, 0.1) is 0 Å². The Kier molecular flexibility index (Phi) is 6.63. The summed E-state index contributed by atoms with van der Waals surface area (Å²) in [5.74, 6) is 1.72. The first-order valence-corrected chi connectivity index (χ1v) is 8.55. The fourth-order valence-electron chi connectivity index (χ4n) is 3.46. The molecule has 0 saturated heterocycles. The van der Waals surface area contributed by atoms with Crippen LogP contribution in [0.4, 0.5) is 0 Å². The Morgan fingerprint density at radius 2 is 1.64 bits per heavy atom. The molecule has 1 amide bonds. The van der Waals surface area contributed by atoms with Gasteiger partial charge in [0, 0.05) is 11.3 Å². The van der Waals surface area contributed by atoms with Gasteiger partial charge in [0.1, 0.15) is 0 Å². The molecule has 0 aromatic heterocycles. The van der Waals surface area contributed by atoms with E-state index in [-0.39, 0.29) is 5.91 Å². The van der Waals surface area contributed by atoms with Crippen molar-refractivity contribution in [2.75, 3.05) is 0 Å². The number of nitrogens with one attached hydrogen (secondary N) is 1. The van der Waals surface area contributed by atoms with Crippen molar-refractivity contribution in [3.05, 3.63) is 37.0 Å². The Morgan fingerprint density at radius 3 is 2.09 bits per heavy atom. The van der Waals surface area contributed by atoms with E-state index in [1.165, 1.54) is 51.0 Å². The molecule has 0 spiro atoms. The lowest BCUT2D eigenvalue weighted by molar-refractivity contribution is -0.117. The number of hydrogen-bond donors (Lipinski definition) is 1. The summed E-state index contributed by atoms with van der Waals surface area (Å²) in [6.45, 7) is 7.23. The maximum Gasteiger partial charge on any atom is 0.271 e. The van der Waals surface area contributed by atoms with Crippen LogP contribution in [-0.2, 0) is 4.79 Å². The van der Waals surface area contributed by atoms with Gasteiger partial charge in [0.25, 0.3) is 5.91 Å². The Bertz CT molecular complexity index is 460. The molecule has 0 aliphatic heterocycles. The lowest BCUT2D eigenvalue weighted by atomic mass is 9.71. The van der Waals surface area contributed by atoms with Crippen LogP contribution in [0.5, 0.6) is 0 Å². The SMILES string of the molecule is C=C/C=C(\C=C)C(=O)NN=C1CCCC(C2CCC2)CCC1. The van der Waals surface area contributed by atoms with E-state index in [2.05, 4.69) is 23.7 Å². The minimum absolute atomic E-state index is 0.211. The highest BCUT2D eigenvalue weighted by atomic mass is 16.2. The van der Waals surface area contributed by atoms with Crippen LogP contribution in [0.25, 0.3) is 0 Å². The normalized spacial score (nSPS) is 23.7. The first-order chi connectivity index (χ1) is 10.7. The second-order valence-electron chi connectivity index (χ2n) is 6.42. The third-order valence-corrected chi connectivity index (χ3v) is 4.99. The summed E-state index contributed by atoms with van der Waals surface area (Å²) in [4.78, 5) is 11.9. The molecule has 2 aliphatic carbocycles. The van der Waals surface area contributed by atoms with E-state index >= 15 is 0 Å². The zero-order chi connectivity index (χ0) is 15.8. The van der Waals surface area contributed by atoms with Gasteiger partial charge < -0.3 is 0 Å². The molecule has 2 rings (SSSR count).